The number of Topliss-reactive ketones (excluding diaryl/α,β-unsaturated/α-hetero) is 1. The smallest absolute Gasteiger partial charge is 0.163 e. The van der Waals surface area contributed by atoms with Crippen LogP contribution in [-0.2, 0) is 14.3 Å². The van der Waals surface area contributed by atoms with E-state index in [0.717, 1.165) is 19.3 Å². The molecule has 192 valence electrons. The van der Waals surface area contributed by atoms with E-state index in [1.807, 2.05) is 0 Å². The molecule has 0 aromatic rings. The van der Waals surface area contributed by atoms with Gasteiger partial charge in [0.1, 0.15) is 5.78 Å². The topological polar surface area (TPSA) is 35.5 Å². The molecule has 1 aliphatic heterocycles. The SMILES string of the molecule is CC(C)[C@H](C)[C@H]1OC(C)(C)O[C@@H]1[C@@H](C)[C@H]1CC[C@H]2[C@@H]3CC(=O)[C@H]4CC=CC[C@]4(C)[C@H]3CC[C@]12C. The molecule has 0 aromatic carbocycles. The predicted octanol–water partition coefficient (Wildman–Crippen LogP) is 7.44. The van der Waals surface area contributed by atoms with Gasteiger partial charge in [-0.2, -0.15) is 0 Å². The first-order valence-corrected chi connectivity index (χ1v) is 14.4. The molecule has 34 heavy (non-hydrogen) atoms. The second kappa shape index (κ2) is 8.44. The molecule has 4 aliphatic carbocycles. The highest BCUT2D eigenvalue weighted by Crippen LogP contribution is 2.67. The van der Waals surface area contributed by atoms with Gasteiger partial charge in [-0.3, -0.25) is 4.79 Å². The molecule has 5 rings (SSSR count). The Morgan fingerprint density at radius 1 is 0.882 bits per heavy atom. The van der Waals surface area contributed by atoms with Crippen molar-refractivity contribution in [3.63, 3.8) is 0 Å². The summed E-state index contributed by atoms with van der Waals surface area (Å²) >= 11 is 0. The van der Waals surface area contributed by atoms with Gasteiger partial charge in [0.2, 0.25) is 0 Å². The van der Waals surface area contributed by atoms with Crippen molar-refractivity contribution in [1.82, 2.24) is 0 Å². The molecule has 1 heterocycles. The van der Waals surface area contributed by atoms with Gasteiger partial charge in [0, 0.05) is 12.3 Å². The molecule has 0 aromatic heterocycles. The Balaban J connectivity index is 1.40. The highest BCUT2D eigenvalue weighted by molar-refractivity contribution is 5.83. The summed E-state index contributed by atoms with van der Waals surface area (Å²) in [6.07, 6.45) is 13.1. The van der Waals surface area contributed by atoms with Crippen LogP contribution in [0.5, 0.6) is 0 Å². The number of carbonyl (C=O) groups is 1. The summed E-state index contributed by atoms with van der Waals surface area (Å²) < 4.78 is 13.2. The maximum atomic E-state index is 13.4. The number of carbonyl (C=O) groups excluding carboxylic acids is 1. The lowest BCUT2D eigenvalue weighted by molar-refractivity contribution is -0.160. The molecule has 3 heteroatoms. The zero-order chi connectivity index (χ0) is 24.6. The Labute approximate surface area is 208 Å². The lowest BCUT2D eigenvalue weighted by Crippen LogP contribution is -2.56. The predicted molar refractivity (Wildman–Crippen MR) is 137 cm³/mol. The Bertz CT molecular complexity index is 829. The van der Waals surface area contributed by atoms with E-state index in [-0.39, 0.29) is 23.5 Å². The highest BCUT2D eigenvalue weighted by Gasteiger charge is 2.63. The molecule has 0 N–H and O–H groups in total. The second-order valence-electron chi connectivity index (χ2n) is 14.3. The zero-order valence-electron chi connectivity index (χ0n) is 23.1. The summed E-state index contributed by atoms with van der Waals surface area (Å²) in [5.74, 6) is 4.48. The normalized spacial score (nSPS) is 49.4. The van der Waals surface area contributed by atoms with Gasteiger partial charge >= 0.3 is 0 Å². The van der Waals surface area contributed by atoms with Gasteiger partial charge in [-0.25, -0.2) is 0 Å². The van der Waals surface area contributed by atoms with Crippen LogP contribution in [0, 0.1) is 58.2 Å². The van der Waals surface area contributed by atoms with E-state index in [1.165, 1.54) is 25.7 Å². The average Bonchev–Trinajstić information content (AvgIpc) is 3.29. The van der Waals surface area contributed by atoms with Gasteiger partial charge in [0.05, 0.1) is 12.2 Å². The Morgan fingerprint density at radius 3 is 2.26 bits per heavy atom. The monoisotopic (exact) mass is 470 g/mol. The van der Waals surface area contributed by atoms with Crippen molar-refractivity contribution >= 4 is 5.78 Å². The lowest BCUT2D eigenvalue weighted by atomic mass is 9.45. The minimum absolute atomic E-state index is 0.157. The van der Waals surface area contributed by atoms with Crippen LogP contribution in [0.1, 0.15) is 100 Å². The maximum Gasteiger partial charge on any atom is 0.163 e. The van der Waals surface area contributed by atoms with Crippen molar-refractivity contribution in [2.24, 2.45) is 58.2 Å². The molecule has 3 nitrogen and oxygen atoms in total. The van der Waals surface area contributed by atoms with Crippen LogP contribution in [0.3, 0.4) is 0 Å². The summed E-state index contributed by atoms with van der Waals surface area (Å²) in [5.41, 5.74) is 0.500. The van der Waals surface area contributed by atoms with Crippen molar-refractivity contribution in [3.05, 3.63) is 12.2 Å². The van der Waals surface area contributed by atoms with Crippen LogP contribution >= 0.6 is 0 Å². The zero-order valence-corrected chi connectivity index (χ0v) is 23.1. The fourth-order valence-corrected chi connectivity index (χ4v) is 9.80. The van der Waals surface area contributed by atoms with Crippen molar-refractivity contribution in [2.45, 2.75) is 118 Å². The molecule has 1 saturated heterocycles. The van der Waals surface area contributed by atoms with Crippen LogP contribution in [-0.4, -0.2) is 23.8 Å². The van der Waals surface area contributed by atoms with E-state index in [9.17, 15) is 4.79 Å². The number of rotatable bonds is 4. The van der Waals surface area contributed by atoms with Crippen molar-refractivity contribution < 1.29 is 14.3 Å². The van der Waals surface area contributed by atoms with Crippen LogP contribution in [0.4, 0.5) is 0 Å². The van der Waals surface area contributed by atoms with Gasteiger partial charge in [-0.15, -0.1) is 0 Å². The Kier molecular flexibility index (Phi) is 6.20. The minimum atomic E-state index is -0.503. The van der Waals surface area contributed by atoms with Crippen LogP contribution < -0.4 is 0 Å². The van der Waals surface area contributed by atoms with Crippen molar-refractivity contribution in [1.29, 1.82) is 0 Å². The molecule has 4 fully saturated rings. The van der Waals surface area contributed by atoms with E-state index in [2.05, 4.69) is 67.5 Å². The second-order valence-corrected chi connectivity index (χ2v) is 14.3. The summed E-state index contributed by atoms with van der Waals surface area (Å²) in [7, 11) is 0. The number of fused-ring (bicyclic) bond motifs is 5. The first-order valence-electron chi connectivity index (χ1n) is 14.4. The van der Waals surface area contributed by atoms with Crippen molar-refractivity contribution in [3.8, 4) is 0 Å². The molecule has 5 aliphatic rings. The van der Waals surface area contributed by atoms with E-state index >= 15 is 0 Å². The van der Waals surface area contributed by atoms with Gasteiger partial charge < -0.3 is 9.47 Å². The summed E-state index contributed by atoms with van der Waals surface area (Å²) in [6, 6.07) is 0. The van der Waals surface area contributed by atoms with Gasteiger partial charge in [-0.1, -0.05) is 53.7 Å². The molecule has 0 radical (unpaired) electrons. The fraction of sp³-hybridized carbons (Fsp3) is 0.903. The van der Waals surface area contributed by atoms with Gasteiger partial charge in [-0.05, 0) is 105 Å². The van der Waals surface area contributed by atoms with E-state index in [0.29, 0.717) is 52.6 Å². The number of hydrogen-bond acceptors (Lipinski definition) is 3. The number of hydrogen-bond donors (Lipinski definition) is 0. The molecule has 0 bridgehead atoms. The Morgan fingerprint density at radius 2 is 1.56 bits per heavy atom. The number of ether oxygens (including phenoxy) is 2. The van der Waals surface area contributed by atoms with Gasteiger partial charge in [0.25, 0.3) is 0 Å². The number of ketones is 1. The average molecular weight is 471 g/mol. The third kappa shape index (κ3) is 3.69. The van der Waals surface area contributed by atoms with Crippen LogP contribution in [0.2, 0.25) is 0 Å². The standard InChI is InChI=1S/C31H50O3/c1-18(2)19(3)27-28(34-29(5,6)33-27)20(4)22-12-13-23-21-17-26(32)25-11-9-10-15-30(25,7)24(21)14-16-31(22,23)8/h9-10,18-25,27-28H,11-17H2,1-8H3/t19-,20-,21-,22+,23-,24-,25+,27+,28+,30+,31+/m0/s1. The summed E-state index contributed by atoms with van der Waals surface area (Å²) in [6.45, 7) is 18.6. The summed E-state index contributed by atoms with van der Waals surface area (Å²) in [4.78, 5) is 13.4. The van der Waals surface area contributed by atoms with E-state index in [4.69, 9.17) is 9.47 Å². The molecular formula is C31H50O3. The Hall–Kier alpha value is -0.670. The third-order valence-corrected chi connectivity index (χ3v) is 12.0. The lowest BCUT2D eigenvalue weighted by Gasteiger charge is -2.59. The molecule has 3 saturated carbocycles. The number of allylic oxidation sites excluding steroid dienone is 2. The molecule has 0 amide bonds. The van der Waals surface area contributed by atoms with Gasteiger partial charge in [0.15, 0.2) is 5.79 Å². The van der Waals surface area contributed by atoms with Crippen LogP contribution in [0.25, 0.3) is 0 Å². The first kappa shape index (κ1) is 25.0. The van der Waals surface area contributed by atoms with Crippen LogP contribution in [0.15, 0.2) is 12.2 Å². The molecule has 11 atom stereocenters. The van der Waals surface area contributed by atoms with Crippen molar-refractivity contribution in [2.75, 3.05) is 0 Å². The molecular weight excluding hydrogens is 420 g/mol. The largest absolute Gasteiger partial charge is 0.344 e. The summed E-state index contributed by atoms with van der Waals surface area (Å²) in [5, 5.41) is 0. The molecule has 0 unspecified atom stereocenters. The fourth-order valence-electron chi connectivity index (χ4n) is 9.80. The van der Waals surface area contributed by atoms with E-state index in [1.54, 1.807) is 0 Å². The third-order valence-electron chi connectivity index (χ3n) is 12.0. The first-order chi connectivity index (χ1) is 15.9. The van der Waals surface area contributed by atoms with E-state index < -0.39 is 5.79 Å². The highest BCUT2D eigenvalue weighted by atomic mass is 16.8. The minimum Gasteiger partial charge on any atom is -0.344 e. The maximum absolute atomic E-state index is 13.4. The quantitative estimate of drug-likeness (QED) is 0.401. The molecule has 0 spiro atoms.